The average molecular weight is 371 g/mol. The van der Waals surface area contributed by atoms with Gasteiger partial charge in [-0.25, -0.2) is 13.4 Å². The van der Waals surface area contributed by atoms with Crippen molar-refractivity contribution in [2.45, 2.75) is 13.5 Å². The zero-order valence-electron chi connectivity index (χ0n) is 13.4. The molecule has 9 nitrogen and oxygen atoms in total. The van der Waals surface area contributed by atoms with Crippen LogP contribution in [-0.4, -0.2) is 45.0 Å². The van der Waals surface area contributed by atoms with Gasteiger partial charge >= 0.3 is 10.2 Å². The molecule has 136 valence electrons. The van der Waals surface area contributed by atoms with E-state index < -0.39 is 39.9 Å². The number of nitrogens with zero attached hydrogens (tertiary/aromatic N) is 2. The molecule has 0 spiro atoms. The lowest BCUT2D eigenvalue weighted by Crippen LogP contribution is -2.43. The second kappa shape index (κ2) is 6.39. The highest BCUT2D eigenvalue weighted by Gasteiger charge is 2.37. The maximum absolute atomic E-state index is 14.4. The standard InChI is InChI=1S/C14H18FN5O4S/c1-8-4-16-14(17-5-8)18-6-9-2-10(15)13(11(21)3-9)20-7-12(22)19-25(20,23)24/h2-3,8,21H,4-7H2,1H3,(H,19,22)(H2,16,17,18). The predicted octanol–water partition coefficient (Wildman–Crippen LogP) is -0.603. The molecule has 1 atom stereocenters. The van der Waals surface area contributed by atoms with Crippen LogP contribution in [-0.2, 0) is 21.5 Å². The lowest BCUT2D eigenvalue weighted by atomic mass is 10.1. The van der Waals surface area contributed by atoms with Crippen molar-refractivity contribution in [2.24, 2.45) is 10.9 Å². The SMILES string of the molecule is CC1CN=C(NCc2cc(O)c(N3CC(=O)NS3(=O)=O)c(F)c2)NC1. The summed E-state index contributed by atoms with van der Waals surface area (Å²) in [6.45, 7) is 3.13. The molecule has 2 aliphatic heterocycles. The van der Waals surface area contributed by atoms with Crippen LogP contribution in [0.5, 0.6) is 5.75 Å². The fourth-order valence-electron chi connectivity index (χ4n) is 2.58. The van der Waals surface area contributed by atoms with Crippen LogP contribution in [0.25, 0.3) is 0 Å². The number of phenolic OH excluding ortho intramolecular Hbond substituents is 1. The molecule has 0 aliphatic carbocycles. The highest BCUT2D eigenvalue weighted by Crippen LogP contribution is 2.34. The fourth-order valence-corrected chi connectivity index (χ4v) is 3.75. The van der Waals surface area contributed by atoms with E-state index in [4.69, 9.17) is 0 Å². The van der Waals surface area contributed by atoms with E-state index >= 15 is 0 Å². The average Bonchev–Trinajstić information content (AvgIpc) is 2.79. The summed E-state index contributed by atoms with van der Waals surface area (Å²) in [5.74, 6) is -1.28. The van der Waals surface area contributed by atoms with E-state index in [9.17, 15) is 22.7 Å². The number of carbonyl (C=O) groups excluding carboxylic acids is 1. The third kappa shape index (κ3) is 3.60. The third-order valence-corrected chi connectivity index (χ3v) is 5.19. The first-order chi connectivity index (χ1) is 11.8. The van der Waals surface area contributed by atoms with Gasteiger partial charge in [0.25, 0.3) is 5.91 Å². The summed E-state index contributed by atoms with van der Waals surface area (Å²) in [7, 11) is -4.19. The number of amides is 1. The molecule has 1 saturated heterocycles. The van der Waals surface area contributed by atoms with Crippen LogP contribution >= 0.6 is 0 Å². The molecule has 1 unspecified atom stereocenters. The van der Waals surface area contributed by atoms with E-state index in [2.05, 4.69) is 22.5 Å². The maximum atomic E-state index is 14.4. The molecule has 11 heteroatoms. The predicted molar refractivity (Wildman–Crippen MR) is 88.8 cm³/mol. The number of phenols is 1. The first-order valence-corrected chi connectivity index (χ1v) is 9.07. The zero-order chi connectivity index (χ0) is 18.2. The molecule has 0 radical (unpaired) electrons. The highest BCUT2D eigenvalue weighted by molar-refractivity contribution is 7.92. The first kappa shape index (κ1) is 17.3. The number of benzene rings is 1. The van der Waals surface area contributed by atoms with Crippen molar-refractivity contribution >= 4 is 27.8 Å². The molecule has 25 heavy (non-hydrogen) atoms. The van der Waals surface area contributed by atoms with Crippen LogP contribution in [0.4, 0.5) is 10.1 Å². The Morgan fingerprint density at radius 2 is 2.24 bits per heavy atom. The molecule has 2 heterocycles. The van der Waals surface area contributed by atoms with E-state index in [0.29, 0.717) is 28.3 Å². The van der Waals surface area contributed by atoms with E-state index in [0.717, 1.165) is 12.6 Å². The minimum atomic E-state index is -4.19. The lowest BCUT2D eigenvalue weighted by molar-refractivity contribution is -0.117. The molecule has 2 aliphatic rings. The number of hydrogen-bond donors (Lipinski definition) is 4. The third-order valence-electron chi connectivity index (χ3n) is 3.81. The van der Waals surface area contributed by atoms with E-state index in [1.807, 2.05) is 0 Å². The molecule has 0 saturated carbocycles. The second-order valence-electron chi connectivity index (χ2n) is 6.01. The number of halogens is 1. The van der Waals surface area contributed by atoms with Gasteiger partial charge in [-0.15, -0.1) is 0 Å². The van der Waals surface area contributed by atoms with Crippen molar-refractivity contribution < 1.29 is 22.7 Å². The number of nitrogens with one attached hydrogen (secondary N) is 3. The van der Waals surface area contributed by atoms with Gasteiger partial charge in [-0.05, 0) is 23.6 Å². The quantitative estimate of drug-likeness (QED) is 0.563. The lowest BCUT2D eigenvalue weighted by Gasteiger charge is -2.21. The van der Waals surface area contributed by atoms with Gasteiger partial charge in [-0.1, -0.05) is 6.92 Å². The summed E-state index contributed by atoms with van der Waals surface area (Å²) in [5, 5.41) is 16.1. The summed E-state index contributed by atoms with van der Waals surface area (Å²) in [4.78, 5) is 15.5. The number of carbonyl (C=O) groups is 1. The van der Waals surface area contributed by atoms with Crippen LogP contribution in [0.1, 0.15) is 12.5 Å². The molecular weight excluding hydrogens is 353 g/mol. The Bertz CT molecular complexity index is 819. The number of aromatic hydroxyl groups is 1. The van der Waals surface area contributed by atoms with Gasteiger partial charge in [-0.3, -0.25) is 9.79 Å². The Hall–Kier alpha value is -2.56. The van der Waals surface area contributed by atoms with Crippen LogP contribution in [0.3, 0.4) is 0 Å². The summed E-state index contributed by atoms with van der Waals surface area (Å²) in [6.07, 6.45) is 0. The molecular formula is C14H18FN5O4S. The number of guanidine groups is 1. The van der Waals surface area contributed by atoms with Crippen LogP contribution in [0.15, 0.2) is 17.1 Å². The highest BCUT2D eigenvalue weighted by atomic mass is 32.2. The Morgan fingerprint density at radius 3 is 2.80 bits per heavy atom. The van der Waals surface area contributed by atoms with Gasteiger partial charge in [0.2, 0.25) is 0 Å². The summed E-state index contributed by atoms with van der Waals surface area (Å²) >= 11 is 0. The molecule has 1 amide bonds. The van der Waals surface area contributed by atoms with Crippen molar-refractivity contribution in [3.63, 3.8) is 0 Å². The van der Waals surface area contributed by atoms with Crippen molar-refractivity contribution in [3.8, 4) is 5.75 Å². The summed E-state index contributed by atoms with van der Waals surface area (Å²) in [6, 6.07) is 2.35. The Kier molecular flexibility index (Phi) is 4.41. The monoisotopic (exact) mass is 371 g/mol. The van der Waals surface area contributed by atoms with Crippen molar-refractivity contribution in [3.05, 3.63) is 23.5 Å². The van der Waals surface area contributed by atoms with E-state index in [1.165, 1.54) is 6.07 Å². The molecule has 1 aromatic rings. The van der Waals surface area contributed by atoms with Gasteiger partial charge in [0.1, 0.15) is 18.0 Å². The van der Waals surface area contributed by atoms with Crippen molar-refractivity contribution in [1.29, 1.82) is 0 Å². The van der Waals surface area contributed by atoms with E-state index in [1.54, 1.807) is 4.72 Å². The van der Waals surface area contributed by atoms with Crippen LogP contribution in [0, 0.1) is 11.7 Å². The summed E-state index contributed by atoms with van der Waals surface area (Å²) in [5.41, 5.74) is -0.151. The molecule has 1 fully saturated rings. The minimum absolute atomic E-state index is 0.189. The summed E-state index contributed by atoms with van der Waals surface area (Å²) < 4.78 is 40.2. The first-order valence-electron chi connectivity index (χ1n) is 7.63. The molecule has 4 N–H and O–H groups in total. The Labute approximate surface area is 144 Å². The molecule has 1 aromatic carbocycles. The Morgan fingerprint density at radius 1 is 1.48 bits per heavy atom. The smallest absolute Gasteiger partial charge is 0.326 e. The van der Waals surface area contributed by atoms with Crippen LogP contribution < -0.4 is 19.7 Å². The number of hydrogen-bond acceptors (Lipinski definition) is 7. The number of anilines is 1. The Balaban J connectivity index is 1.78. The van der Waals surface area contributed by atoms with Crippen LogP contribution in [0.2, 0.25) is 0 Å². The van der Waals surface area contributed by atoms with Crippen molar-refractivity contribution in [2.75, 3.05) is 23.9 Å². The van der Waals surface area contributed by atoms with Gasteiger partial charge in [-0.2, -0.15) is 8.42 Å². The number of rotatable bonds is 3. The normalized spacial score (nSPS) is 22.2. The molecule has 3 rings (SSSR count). The van der Waals surface area contributed by atoms with Gasteiger partial charge in [0.05, 0.1) is 0 Å². The number of aliphatic imine (C=N–C) groups is 1. The largest absolute Gasteiger partial charge is 0.506 e. The van der Waals surface area contributed by atoms with Crippen molar-refractivity contribution in [1.82, 2.24) is 15.4 Å². The van der Waals surface area contributed by atoms with Gasteiger partial charge < -0.3 is 15.7 Å². The zero-order valence-corrected chi connectivity index (χ0v) is 14.2. The van der Waals surface area contributed by atoms with Gasteiger partial charge in [0, 0.05) is 19.6 Å². The fraction of sp³-hybridized carbons (Fsp3) is 0.429. The van der Waals surface area contributed by atoms with Gasteiger partial charge in [0.15, 0.2) is 11.8 Å². The van der Waals surface area contributed by atoms with E-state index in [-0.39, 0.29) is 6.54 Å². The molecule has 0 bridgehead atoms. The maximum Gasteiger partial charge on any atom is 0.326 e. The molecule has 0 aromatic heterocycles. The minimum Gasteiger partial charge on any atom is -0.506 e. The second-order valence-corrected chi connectivity index (χ2v) is 7.61. The topological polar surface area (TPSA) is 123 Å².